The van der Waals surface area contributed by atoms with Crippen molar-refractivity contribution < 1.29 is 23.5 Å². The number of carboxylic acid groups (broad SMARTS) is 1. The summed E-state index contributed by atoms with van der Waals surface area (Å²) in [7, 11) is 0. The molecule has 104 valence electrons. The molecular weight excluding hydrogens is 272 g/mol. The lowest BCUT2D eigenvalue weighted by molar-refractivity contribution is 0.0692. The summed E-state index contributed by atoms with van der Waals surface area (Å²) in [5.74, 6) is -5.05. The fourth-order valence-electron chi connectivity index (χ4n) is 1.64. The highest BCUT2D eigenvalue weighted by atomic mass is 19.2. The lowest BCUT2D eigenvalue weighted by Crippen LogP contribution is -2.16. The summed E-state index contributed by atoms with van der Waals surface area (Å²) in [6.45, 7) is 1.59. The Bertz CT molecular complexity index is 697. The number of pyridine rings is 1. The van der Waals surface area contributed by atoms with Crippen LogP contribution in [0.4, 0.5) is 14.5 Å². The number of anilines is 1. The number of carboxylic acids is 1. The second kappa shape index (κ2) is 5.08. The third kappa shape index (κ3) is 2.48. The van der Waals surface area contributed by atoms with E-state index in [2.05, 4.69) is 15.3 Å². The van der Waals surface area contributed by atoms with E-state index in [4.69, 9.17) is 5.11 Å². The molecule has 1 amide bonds. The maximum atomic E-state index is 13.4. The van der Waals surface area contributed by atoms with Crippen molar-refractivity contribution in [3.05, 3.63) is 47.0 Å². The predicted octanol–water partition coefficient (Wildman–Crippen LogP) is 1.95. The zero-order valence-electron chi connectivity index (χ0n) is 10.2. The largest absolute Gasteiger partial charge is 0.477 e. The van der Waals surface area contributed by atoms with Crippen molar-refractivity contribution in [3.8, 4) is 0 Å². The standard InChI is InChI=1S/C12H9F2N3O3/c1-5-4-7(9(16-5)12(19)20)17-11(18)6-2-3-15-10(14)8(6)13/h2-4,16H,1H3,(H,17,18)(H,19,20). The van der Waals surface area contributed by atoms with E-state index in [0.717, 1.165) is 12.3 Å². The number of amides is 1. The number of nitrogens with one attached hydrogen (secondary N) is 2. The molecule has 20 heavy (non-hydrogen) atoms. The minimum Gasteiger partial charge on any atom is -0.477 e. The number of aromatic nitrogens is 2. The van der Waals surface area contributed by atoms with E-state index < -0.39 is 29.2 Å². The number of halogens is 2. The molecule has 0 aliphatic heterocycles. The fourth-order valence-corrected chi connectivity index (χ4v) is 1.64. The average molecular weight is 281 g/mol. The number of hydrogen-bond acceptors (Lipinski definition) is 3. The lowest BCUT2D eigenvalue weighted by Gasteiger charge is -2.05. The highest BCUT2D eigenvalue weighted by molar-refractivity contribution is 6.07. The van der Waals surface area contributed by atoms with Crippen LogP contribution in [-0.2, 0) is 0 Å². The van der Waals surface area contributed by atoms with Crippen LogP contribution in [0.2, 0.25) is 0 Å². The summed E-state index contributed by atoms with van der Waals surface area (Å²) in [6.07, 6.45) is 0.938. The van der Waals surface area contributed by atoms with Gasteiger partial charge in [-0.05, 0) is 19.1 Å². The number of hydrogen-bond donors (Lipinski definition) is 3. The van der Waals surface area contributed by atoms with E-state index in [1.807, 2.05) is 0 Å². The summed E-state index contributed by atoms with van der Waals surface area (Å²) in [5.41, 5.74) is -0.339. The molecule has 0 atom stereocenters. The molecule has 0 aromatic carbocycles. The number of aromatic carboxylic acids is 1. The third-order valence-corrected chi connectivity index (χ3v) is 2.51. The van der Waals surface area contributed by atoms with E-state index in [0.29, 0.717) is 5.69 Å². The Balaban J connectivity index is 2.33. The van der Waals surface area contributed by atoms with Gasteiger partial charge in [-0.3, -0.25) is 4.79 Å². The molecule has 0 spiro atoms. The van der Waals surface area contributed by atoms with E-state index in [-0.39, 0.29) is 11.4 Å². The molecule has 2 aromatic heterocycles. The zero-order chi connectivity index (χ0) is 14.9. The monoisotopic (exact) mass is 281 g/mol. The van der Waals surface area contributed by atoms with Gasteiger partial charge < -0.3 is 15.4 Å². The normalized spacial score (nSPS) is 10.3. The van der Waals surface area contributed by atoms with Crippen molar-refractivity contribution in [1.82, 2.24) is 9.97 Å². The maximum Gasteiger partial charge on any atom is 0.354 e. The maximum absolute atomic E-state index is 13.4. The van der Waals surface area contributed by atoms with Gasteiger partial charge in [-0.15, -0.1) is 0 Å². The van der Waals surface area contributed by atoms with Crippen molar-refractivity contribution in [2.45, 2.75) is 6.92 Å². The summed E-state index contributed by atoms with van der Waals surface area (Å²) in [6, 6.07) is 2.37. The third-order valence-electron chi connectivity index (χ3n) is 2.51. The van der Waals surface area contributed by atoms with Crippen molar-refractivity contribution in [2.75, 3.05) is 5.32 Å². The smallest absolute Gasteiger partial charge is 0.354 e. The Labute approximate surface area is 111 Å². The van der Waals surface area contributed by atoms with Gasteiger partial charge in [-0.25, -0.2) is 14.2 Å². The van der Waals surface area contributed by atoms with E-state index >= 15 is 0 Å². The van der Waals surface area contributed by atoms with Crippen LogP contribution in [0.1, 0.15) is 26.5 Å². The van der Waals surface area contributed by atoms with Gasteiger partial charge in [0.25, 0.3) is 5.91 Å². The average Bonchev–Trinajstić information content (AvgIpc) is 2.73. The molecule has 0 radical (unpaired) electrons. The molecule has 8 heteroatoms. The SMILES string of the molecule is Cc1cc(NC(=O)c2ccnc(F)c2F)c(C(=O)O)[nH]1. The van der Waals surface area contributed by atoms with Crippen LogP contribution in [-0.4, -0.2) is 27.0 Å². The van der Waals surface area contributed by atoms with Crippen LogP contribution < -0.4 is 5.32 Å². The molecule has 0 fully saturated rings. The van der Waals surface area contributed by atoms with Gasteiger partial charge >= 0.3 is 5.97 Å². The molecular formula is C12H9F2N3O3. The van der Waals surface area contributed by atoms with Crippen LogP contribution in [0.3, 0.4) is 0 Å². The first kappa shape index (κ1) is 13.7. The minimum absolute atomic E-state index is 0.0309. The number of aryl methyl sites for hydroxylation is 1. The van der Waals surface area contributed by atoms with Crippen molar-refractivity contribution >= 4 is 17.6 Å². The Morgan fingerprint density at radius 1 is 1.40 bits per heavy atom. The molecule has 0 aliphatic carbocycles. The van der Waals surface area contributed by atoms with Crippen LogP contribution in [0.5, 0.6) is 0 Å². The van der Waals surface area contributed by atoms with Gasteiger partial charge in [0.1, 0.15) is 5.69 Å². The Morgan fingerprint density at radius 2 is 2.10 bits per heavy atom. The fraction of sp³-hybridized carbons (Fsp3) is 0.0833. The van der Waals surface area contributed by atoms with Crippen LogP contribution in [0.25, 0.3) is 0 Å². The number of rotatable bonds is 3. The van der Waals surface area contributed by atoms with Gasteiger partial charge in [0.05, 0.1) is 11.3 Å². The Kier molecular flexibility index (Phi) is 3.47. The topological polar surface area (TPSA) is 95.1 Å². The minimum atomic E-state index is -1.40. The van der Waals surface area contributed by atoms with Gasteiger partial charge in [0, 0.05) is 11.9 Å². The highest BCUT2D eigenvalue weighted by Gasteiger charge is 2.20. The second-order valence-electron chi connectivity index (χ2n) is 3.96. The molecule has 6 nitrogen and oxygen atoms in total. The molecule has 2 aromatic rings. The van der Waals surface area contributed by atoms with Crippen LogP contribution in [0, 0.1) is 18.7 Å². The van der Waals surface area contributed by atoms with Gasteiger partial charge in [-0.2, -0.15) is 4.39 Å². The first-order chi connectivity index (χ1) is 9.40. The molecule has 3 N–H and O–H groups in total. The number of carbonyl (C=O) groups is 2. The van der Waals surface area contributed by atoms with Crippen molar-refractivity contribution in [1.29, 1.82) is 0 Å². The molecule has 2 heterocycles. The summed E-state index contributed by atoms with van der Waals surface area (Å²) >= 11 is 0. The first-order valence-corrected chi connectivity index (χ1v) is 5.44. The molecule has 0 saturated carbocycles. The van der Waals surface area contributed by atoms with Crippen LogP contribution >= 0.6 is 0 Å². The van der Waals surface area contributed by atoms with Crippen LogP contribution in [0.15, 0.2) is 18.3 Å². The zero-order valence-corrected chi connectivity index (χ0v) is 10.2. The number of aromatic amines is 1. The first-order valence-electron chi connectivity index (χ1n) is 5.44. The molecule has 0 aliphatic rings. The van der Waals surface area contributed by atoms with E-state index in [1.165, 1.54) is 6.07 Å². The number of carbonyl (C=O) groups excluding carboxylic acids is 1. The number of H-pyrrole nitrogens is 1. The lowest BCUT2D eigenvalue weighted by atomic mass is 10.2. The van der Waals surface area contributed by atoms with Gasteiger partial charge in [0.15, 0.2) is 5.82 Å². The molecule has 0 saturated heterocycles. The van der Waals surface area contributed by atoms with Crippen molar-refractivity contribution in [3.63, 3.8) is 0 Å². The number of nitrogens with zero attached hydrogens (tertiary/aromatic N) is 1. The summed E-state index contributed by atoms with van der Waals surface area (Å²) in [4.78, 5) is 28.4. The molecule has 0 unspecified atom stereocenters. The quantitative estimate of drug-likeness (QED) is 0.749. The molecule has 0 bridgehead atoms. The van der Waals surface area contributed by atoms with E-state index in [1.54, 1.807) is 6.92 Å². The summed E-state index contributed by atoms with van der Waals surface area (Å²) in [5, 5.41) is 11.1. The highest BCUT2D eigenvalue weighted by Crippen LogP contribution is 2.19. The van der Waals surface area contributed by atoms with Gasteiger partial charge in [-0.1, -0.05) is 0 Å². The van der Waals surface area contributed by atoms with Crippen molar-refractivity contribution in [2.24, 2.45) is 0 Å². The second-order valence-corrected chi connectivity index (χ2v) is 3.96. The Hall–Kier alpha value is -2.77. The van der Waals surface area contributed by atoms with E-state index in [9.17, 15) is 18.4 Å². The Morgan fingerprint density at radius 3 is 2.75 bits per heavy atom. The van der Waals surface area contributed by atoms with Gasteiger partial charge in [0.2, 0.25) is 5.95 Å². The predicted molar refractivity (Wildman–Crippen MR) is 64.6 cm³/mol. The summed E-state index contributed by atoms with van der Waals surface area (Å²) < 4.78 is 26.3. The molecule has 2 rings (SSSR count).